The summed E-state index contributed by atoms with van der Waals surface area (Å²) in [5.74, 6) is 0.962. The van der Waals surface area contributed by atoms with Gasteiger partial charge in [0.15, 0.2) is 0 Å². The molecule has 0 aromatic heterocycles. The number of hydrogen-bond donors (Lipinski definition) is 1. The number of amides is 2. The van der Waals surface area contributed by atoms with Crippen LogP contribution in [0.15, 0.2) is 18.2 Å². The summed E-state index contributed by atoms with van der Waals surface area (Å²) in [5.41, 5.74) is 2.30. The zero-order chi connectivity index (χ0) is 15.7. The predicted molar refractivity (Wildman–Crippen MR) is 87.0 cm³/mol. The minimum Gasteiger partial charge on any atom is -0.493 e. The number of nitrogens with zero attached hydrogens (tertiary/aromatic N) is 1. The fourth-order valence-electron chi connectivity index (χ4n) is 2.10. The first-order valence-electron chi connectivity index (χ1n) is 7.74. The van der Waals surface area contributed by atoms with Crippen LogP contribution in [0.25, 0.3) is 0 Å². The highest BCUT2D eigenvalue weighted by molar-refractivity contribution is 5.73. The molecule has 2 amide bonds. The molecule has 1 aromatic carbocycles. The van der Waals surface area contributed by atoms with Gasteiger partial charge in [0.1, 0.15) is 5.75 Å². The lowest BCUT2D eigenvalue weighted by molar-refractivity contribution is 0.207. The van der Waals surface area contributed by atoms with Crippen molar-refractivity contribution in [1.29, 1.82) is 0 Å². The van der Waals surface area contributed by atoms with Gasteiger partial charge < -0.3 is 15.0 Å². The molecule has 21 heavy (non-hydrogen) atoms. The van der Waals surface area contributed by atoms with E-state index in [-0.39, 0.29) is 6.03 Å². The van der Waals surface area contributed by atoms with Crippen LogP contribution in [0.3, 0.4) is 0 Å². The van der Waals surface area contributed by atoms with Gasteiger partial charge in [0.05, 0.1) is 6.61 Å². The Morgan fingerprint density at radius 2 is 1.90 bits per heavy atom. The number of para-hydroxylation sites is 1. The van der Waals surface area contributed by atoms with Gasteiger partial charge in [-0.05, 0) is 37.8 Å². The highest BCUT2D eigenvalue weighted by Crippen LogP contribution is 2.22. The molecule has 0 spiro atoms. The molecule has 0 aliphatic rings. The summed E-state index contributed by atoms with van der Waals surface area (Å²) in [7, 11) is 1.83. The Morgan fingerprint density at radius 3 is 2.52 bits per heavy atom. The summed E-state index contributed by atoms with van der Waals surface area (Å²) in [4.78, 5) is 13.5. The summed E-state index contributed by atoms with van der Waals surface area (Å²) in [6, 6.07) is 6.12. The van der Waals surface area contributed by atoms with E-state index in [0.717, 1.165) is 42.7 Å². The molecule has 0 saturated heterocycles. The SMILES string of the molecule is CCCCN(C)C(=O)NCCCOc1c(C)cccc1C. The molecule has 0 atom stereocenters. The van der Waals surface area contributed by atoms with Gasteiger partial charge in [-0.2, -0.15) is 0 Å². The van der Waals surface area contributed by atoms with Crippen molar-refractivity contribution in [2.45, 2.75) is 40.0 Å². The van der Waals surface area contributed by atoms with Crippen molar-refractivity contribution in [3.8, 4) is 5.75 Å². The lowest BCUT2D eigenvalue weighted by atomic mass is 10.1. The van der Waals surface area contributed by atoms with Crippen molar-refractivity contribution in [1.82, 2.24) is 10.2 Å². The quantitative estimate of drug-likeness (QED) is 0.745. The van der Waals surface area contributed by atoms with E-state index >= 15 is 0 Å². The number of aryl methyl sites for hydroxylation is 2. The fraction of sp³-hybridized carbons (Fsp3) is 0.588. The first kappa shape index (κ1) is 17.3. The average molecular weight is 292 g/mol. The largest absolute Gasteiger partial charge is 0.493 e. The molecule has 118 valence electrons. The van der Waals surface area contributed by atoms with E-state index in [1.54, 1.807) is 4.90 Å². The number of urea groups is 1. The molecule has 0 aliphatic heterocycles. The molecule has 0 bridgehead atoms. The van der Waals surface area contributed by atoms with Crippen molar-refractivity contribution in [2.75, 3.05) is 26.7 Å². The second-order valence-electron chi connectivity index (χ2n) is 5.43. The van der Waals surface area contributed by atoms with Gasteiger partial charge in [0.2, 0.25) is 0 Å². The Hall–Kier alpha value is -1.71. The number of carbonyl (C=O) groups excluding carboxylic acids is 1. The van der Waals surface area contributed by atoms with Crippen LogP contribution in [0.2, 0.25) is 0 Å². The third-order valence-corrected chi connectivity index (χ3v) is 3.45. The van der Waals surface area contributed by atoms with Gasteiger partial charge in [0, 0.05) is 20.1 Å². The van der Waals surface area contributed by atoms with E-state index in [2.05, 4.69) is 12.2 Å². The second kappa shape index (κ2) is 9.27. The van der Waals surface area contributed by atoms with Crippen LogP contribution in [0.5, 0.6) is 5.75 Å². The number of unbranched alkanes of at least 4 members (excludes halogenated alkanes) is 1. The van der Waals surface area contributed by atoms with E-state index in [9.17, 15) is 4.79 Å². The highest BCUT2D eigenvalue weighted by atomic mass is 16.5. The van der Waals surface area contributed by atoms with Crippen LogP contribution in [-0.2, 0) is 0 Å². The highest BCUT2D eigenvalue weighted by Gasteiger charge is 2.07. The number of nitrogens with one attached hydrogen (secondary N) is 1. The van der Waals surface area contributed by atoms with Gasteiger partial charge in [-0.3, -0.25) is 0 Å². The number of ether oxygens (including phenoxy) is 1. The van der Waals surface area contributed by atoms with E-state index in [1.165, 1.54) is 0 Å². The van der Waals surface area contributed by atoms with Crippen molar-refractivity contribution in [3.63, 3.8) is 0 Å². The average Bonchev–Trinajstić information content (AvgIpc) is 2.46. The predicted octanol–water partition coefficient (Wildman–Crippen LogP) is 3.51. The minimum atomic E-state index is -0.00415. The molecule has 1 N–H and O–H groups in total. The molecular weight excluding hydrogens is 264 g/mol. The standard InChI is InChI=1S/C17H28N2O2/c1-5-6-12-19(4)17(20)18-11-8-13-21-16-14(2)9-7-10-15(16)3/h7,9-10H,5-6,8,11-13H2,1-4H3,(H,18,20). The molecule has 0 aliphatic carbocycles. The van der Waals surface area contributed by atoms with Gasteiger partial charge >= 0.3 is 6.03 Å². The van der Waals surface area contributed by atoms with Gasteiger partial charge in [-0.15, -0.1) is 0 Å². The number of benzene rings is 1. The third kappa shape index (κ3) is 6.06. The fourth-order valence-corrected chi connectivity index (χ4v) is 2.10. The van der Waals surface area contributed by atoms with Gasteiger partial charge in [-0.25, -0.2) is 4.79 Å². The van der Waals surface area contributed by atoms with Crippen LogP contribution in [0.1, 0.15) is 37.3 Å². The molecule has 1 rings (SSSR count). The Balaban J connectivity index is 2.21. The summed E-state index contributed by atoms with van der Waals surface area (Å²) < 4.78 is 5.81. The zero-order valence-electron chi connectivity index (χ0n) is 13.7. The van der Waals surface area contributed by atoms with Crippen molar-refractivity contribution < 1.29 is 9.53 Å². The Kier molecular flexibility index (Phi) is 7.65. The van der Waals surface area contributed by atoms with Crippen molar-refractivity contribution >= 4 is 6.03 Å². The second-order valence-corrected chi connectivity index (χ2v) is 5.43. The number of carbonyl (C=O) groups is 1. The first-order valence-corrected chi connectivity index (χ1v) is 7.74. The smallest absolute Gasteiger partial charge is 0.317 e. The van der Waals surface area contributed by atoms with E-state index in [4.69, 9.17) is 4.74 Å². The normalized spacial score (nSPS) is 10.3. The van der Waals surface area contributed by atoms with Gasteiger partial charge in [-0.1, -0.05) is 31.5 Å². The van der Waals surface area contributed by atoms with Gasteiger partial charge in [0.25, 0.3) is 0 Å². The van der Waals surface area contributed by atoms with Crippen LogP contribution in [0, 0.1) is 13.8 Å². The van der Waals surface area contributed by atoms with Crippen LogP contribution >= 0.6 is 0 Å². The molecule has 0 unspecified atom stereocenters. The number of hydrogen-bond acceptors (Lipinski definition) is 2. The summed E-state index contributed by atoms with van der Waals surface area (Å²) >= 11 is 0. The Bertz CT molecular complexity index is 426. The van der Waals surface area contributed by atoms with E-state index in [1.807, 2.05) is 39.1 Å². The van der Waals surface area contributed by atoms with Crippen LogP contribution in [-0.4, -0.2) is 37.7 Å². The van der Waals surface area contributed by atoms with Crippen molar-refractivity contribution in [3.05, 3.63) is 29.3 Å². The topological polar surface area (TPSA) is 41.6 Å². The summed E-state index contributed by atoms with van der Waals surface area (Å²) in [5, 5.41) is 2.91. The minimum absolute atomic E-state index is 0.00415. The summed E-state index contributed by atoms with van der Waals surface area (Å²) in [6.45, 7) is 8.28. The first-order chi connectivity index (χ1) is 10.1. The van der Waals surface area contributed by atoms with Crippen LogP contribution in [0.4, 0.5) is 4.79 Å². The Labute approximate surface area is 128 Å². The lowest BCUT2D eigenvalue weighted by Crippen LogP contribution is -2.38. The number of rotatable bonds is 8. The van der Waals surface area contributed by atoms with E-state index in [0.29, 0.717) is 13.2 Å². The van der Waals surface area contributed by atoms with E-state index < -0.39 is 0 Å². The maximum Gasteiger partial charge on any atom is 0.317 e. The zero-order valence-corrected chi connectivity index (χ0v) is 13.7. The molecule has 0 saturated carbocycles. The molecule has 0 heterocycles. The molecule has 0 fully saturated rings. The summed E-state index contributed by atoms with van der Waals surface area (Å²) in [6.07, 6.45) is 2.95. The van der Waals surface area contributed by atoms with Crippen LogP contribution < -0.4 is 10.1 Å². The molecule has 1 aromatic rings. The maximum absolute atomic E-state index is 11.8. The Morgan fingerprint density at radius 1 is 1.24 bits per heavy atom. The molecule has 4 nitrogen and oxygen atoms in total. The molecular formula is C17H28N2O2. The van der Waals surface area contributed by atoms with Crippen molar-refractivity contribution in [2.24, 2.45) is 0 Å². The maximum atomic E-state index is 11.8. The lowest BCUT2D eigenvalue weighted by Gasteiger charge is -2.17. The third-order valence-electron chi connectivity index (χ3n) is 3.45. The molecule has 0 radical (unpaired) electrons. The molecule has 4 heteroatoms. The monoisotopic (exact) mass is 292 g/mol.